The van der Waals surface area contributed by atoms with E-state index < -0.39 is 10.2 Å². The van der Waals surface area contributed by atoms with Gasteiger partial charge in [-0.15, -0.1) is 0 Å². The zero-order chi connectivity index (χ0) is 13.8. The van der Waals surface area contributed by atoms with Gasteiger partial charge in [0, 0.05) is 14.1 Å². The number of hydrogen-bond acceptors (Lipinski definition) is 4. The fourth-order valence-electron chi connectivity index (χ4n) is 1.06. The Balaban J connectivity index is 2.92. The van der Waals surface area contributed by atoms with Crippen molar-refractivity contribution in [3.8, 4) is 5.75 Å². The van der Waals surface area contributed by atoms with Crippen molar-refractivity contribution < 1.29 is 13.2 Å². The van der Waals surface area contributed by atoms with Crippen molar-refractivity contribution in [1.82, 2.24) is 4.31 Å². The molecule has 0 heterocycles. The van der Waals surface area contributed by atoms with Gasteiger partial charge in [0.1, 0.15) is 17.3 Å². The van der Waals surface area contributed by atoms with Crippen molar-refractivity contribution in [3.63, 3.8) is 0 Å². The summed E-state index contributed by atoms with van der Waals surface area (Å²) in [7, 11) is -0.710. The van der Waals surface area contributed by atoms with Crippen molar-refractivity contribution in [3.05, 3.63) is 24.3 Å². The van der Waals surface area contributed by atoms with Gasteiger partial charge in [-0.3, -0.25) is 4.72 Å². The zero-order valence-corrected chi connectivity index (χ0v) is 11.7. The molecule has 0 amide bonds. The van der Waals surface area contributed by atoms with Crippen LogP contribution in [0.2, 0.25) is 0 Å². The molecule has 1 aromatic rings. The van der Waals surface area contributed by atoms with E-state index >= 15 is 0 Å². The molecule has 1 aromatic carbocycles. The Kier molecular flexibility index (Phi) is 4.88. The largest absolute Gasteiger partial charge is 0.484 e. The molecule has 0 aliphatic carbocycles. The first kappa shape index (κ1) is 14.7. The summed E-state index contributed by atoms with van der Waals surface area (Å²) in [6.45, 7) is 0.0516. The Morgan fingerprint density at radius 1 is 1.44 bits per heavy atom. The summed E-state index contributed by atoms with van der Waals surface area (Å²) < 4.78 is 32.2. The number of anilines is 1. The van der Waals surface area contributed by atoms with Gasteiger partial charge in [0.15, 0.2) is 0 Å². The number of benzene rings is 1. The van der Waals surface area contributed by atoms with Crippen LogP contribution in [0.4, 0.5) is 5.69 Å². The third kappa shape index (κ3) is 4.13. The molecule has 100 valence electrons. The van der Waals surface area contributed by atoms with Gasteiger partial charge in [-0.1, -0.05) is 24.4 Å². The van der Waals surface area contributed by atoms with E-state index in [1.807, 2.05) is 0 Å². The summed E-state index contributed by atoms with van der Waals surface area (Å²) >= 11 is 4.70. The maximum absolute atomic E-state index is 11.7. The Labute approximate surface area is 112 Å². The highest BCUT2D eigenvalue weighted by atomic mass is 32.2. The van der Waals surface area contributed by atoms with Gasteiger partial charge in [-0.05, 0) is 12.1 Å². The van der Waals surface area contributed by atoms with E-state index in [1.54, 1.807) is 24.3 Å². The van der Waals surface area contributed by atoms with Gasteiger partial charge in [0.05, 0.1) is 5.69 Å². The highest BCUT2D eigenvalue weighted by Crippen LogP contribution is 2.24. The Morgan fingerprint density at radius 3 is 2.61 bits per heavy atom. The lowest BCUT2D eigenvalue weighted by molar-refractivity contribution is 0.379. The summed E-state index contributed by atoms with van der Waals surface area (Å²) in [6, 6.07) is 6.64. The maximum atomic E-state index is 11.7. The first-order valence-corrected chi connectivity index (χ1v) is 6.88. The average molecular weight is 289 g/mol. The summed E-state index contributed by atoms with van der Waals surface area (Å²) in [5.41, 5.74) is 5.66. The van der Waals surface area contributed by atoms with Crippen molar-refractivity contribution >= 4 is 33.1 Å². The van der Waals surface area contributed by atoms with Gasteiger partial charge < -0.3 is 10.5 Å². The Bertz CT molecular complexity index is 529. The van der Waals surface area contributed by atoms with Crippen molar-refractivity contribution in [2.24, 2.45) is 5.73 Å². The lowest BCUT2D eigenvalue weighted by Gasteiger charge is -2.16. The lowest BCUT2D eigenvalue weighted by Crippen LogP contribution is -2.29. The van der Waals surface area contributed by atoms with Gasteiger partial charge in [0.25, 0.3) is 0 Å². The summed E-state index contributed by atoms with van der Waals surface area (Å²) in [5, 5.41) is 0. The number of ether oxygens (including phenoxy) is 1. The van der Waals surface area contributed by atoms with E-state index in [2.05, 4.69) is 4.72 Å². The average Bonchev–Trinajstić information content (AvgIpc) is 2.27. The predicted molar refractivity (Wildman–Crippen MR) is 75.0 cm³/mol. The third-order valence-electron chi connectivity index (χ3n) is 1.98. The third-order valence-corrected chi connectivity index (χ3v) is 3.53. The number of nitrogens with zero attached hydrogens (tertiary/aromatic N) is 1. The van der Waals surface area contributed by atoms with E-state index in [4.69, 9.17) is 22.7 Å². The Hall–Kier alpha value is -1.38. The topological polar surface area (TPSA) is 84.7 Å². The first-order valence-electron chi connectivity index (χ1n) is 5.03. The molecule has 0 aliphatic rings. The van der Waals surface area contributed by atoms with Gasteiger partial charge in [-0.2, -0.15) is 12.7 Å². The van der Waals surface area contributed by atoms with Gasteiger partial charge >= 0.3 is 10.2 Å². The number of rotatable bonds is 6. The molecule has 0 spiro atoms. The van der Waals surface area contributed by atoms with E-state index in [0.717, 1.165) is 4.31 Å². The number of nitrogens with two attached hydrogens (primary N) is 1. The fourth-order valence-corrected chi connectivity index (χ4v) is 1.74. The molecule has 0 radical (unpaired) electrons. The van der Waals surface area contributed by atoms with Crippen molar-refractivity contribution in [2.75, 3.05) is 25.4 Å². The molecule has 0 saturated heterocycles. The highest BCUT2D eigenvalue weighted by Gasteiger charge is 2.15. The summed E-state index contributed by atoms with van der Waals surface area (Å²) in [5.74, 6) is 0.371. The SMILES string of the molecule is CN(C)S(=O)(=O)Nc1ccccc1OCC(N)=S. The minimum Gasteiger partial charge on any atom is -0.484 e. The van der Waals surface area contributed by atoms with Crippen LogP contribution in [0.3, 0.4) is 0 Å². The van der Waals surface area contributed by atoms with Crippen LogP contribution in [0.5, 0.6) is 5.75 Å². The van der Waals surface area contributed by atoms with Crippen LogP contribution >= 0.6 is 12.2 Å². The monoisotopic (exact) mass is 289 g/mol. The maximum Gasteiger partial charge on any atom is 0.301 e. The first-order chi connectivity index (χ1) is 8.33. The molecule has 0 aromatic heterocycles. The molecular weight excluding hydrogens is 274 g/mol. The molecule has 0 atom stereocenters. The number of para-hydroxylation sites is 2. The van der Waals surface area contributed by atoms with Crippen LogP contribution in [0.25, 0.3) is 0 Å². The molecule has 18 heavy (non-hydrogen) atoms. The van der Waals surface area contributed by atoms with Crippen LogP contribution in [-0.4, -0.2) is 38.4 Å². The van der Waals surface area contributed by atoms with E-state index in [-0.39, 0.29) is 11.6 Å². The minimum atomic E-state index is -3.57. The molecular formula is C10H15N3O3S2. The smallest absolute Gasteiger partial charge is 0.301 e. The minimum absolute atomic E-state index is 0.0516. The van der Waals surface area contributed by atoms with E-state index in [1.165, 1.54) is 14.1 Å². The summed E-state index contributed by atoms with van der Waals surface area (Å²) in [6.07, 6.45) is 0. The van der Waals surface area contributed by atoms with Crippen LogP contribution in [0, 0.1) is 0 Å². The number of nitrogens with one attached hydrogen (secondary N) is 1. The van der Waals surface area contributed by atoms with Crippen LogP contribution in [0.15, 0.2) is 24.3 Å². The van der Waals surface area contributed by atoms with Crippen molar-refractivity contribution in [2.45, 2.75) is 0 Å². The molecule has 0 unspecified atom stereocenters. The fraction of sp³-hybridized carbons (Fsp3) is 0.300. The molecule has 3 N–H and O–H groups in total. The van der Waals surface area contributed by atoms with Crippen LogP contribution < -0.4 is 15.2 Å². The normalized spacial score (nSPS) is 11.3. The van der Waals surface area contributed by atoms with E-state index in [9.17, 15) is 8.42 Å². The molecule has 0 fully saturated rings. The van der Waals surface area contributed by atoms with Crippen molar-refractivity contribution in [1.29, 1.82) is 0 Å². The lowest BCUT2D eigenvalue weighted by atomic mass is 10.3. The molecule has 8 heteroatoms. The van der Waals surface area contributed by atoms with Gasteiger partial charge in [0.2, 0.25) is 0 Å². The molecule has 0 bridgehead atoms. The zero-order valence-electron chi connectivity index (χ0n) is 10.1. The van der Waals surface area contributed by atoms with Crippen LogP contribution in [0.1, 0.15) is 0 Å². The predicted octanol–water partition coefficient (Wildman–Crippen LogP) is 0.570. The second-order valence-corrected chi connectivity index (χ2v) is 6.05. The quantitative estimate of drug-likeness (QED) is 0.748. The van der Waals surface area contributed by atoms with Crippen LogP contribution in [-0.2, 0) is 10.2 Å². The second-order valence-electron chi connectivity index (χ2n) is 3.64. The standard InChI is InChI=1S/C10H15N3O3S2/c1-13(2)18(14,15)12-8-5-3-4-6-9(8)16-7-10(11)17/h3-6,12H,7H2,1-2H3,(H2,11,17). The number of hydrogen-bond donors (Lipinski definition) is 2. The van der Waals surface area contributed by atoms with Gasteiger partial charge in [-0.25, -0.2) is 0 Å². The molecule has 0 aliphatic heterocycles. The molecule has 6 nitrogen and oxygen atoms in total. The second kappa shape index (κ2) is 5.98. The highest BCUT2D eigenvalue weighted by molar-refractivity contribution is 7.90. The summed E-state index contributed by atoms with van der Waals surface area (Å²) in [4.78, 5) is 0.195. The molecule has 0 saturated carbocycles. The van der Waals surface area contributed by atoms with E-state index in [0.29, 0.717) is 11.4 Å². The number of thiocarbonyl (C=S) groups is 1. The molecule has 1 rings (SSSR count). The Morgan fingerprint density at radius 2 is 2.06 bits per heavy atom.